The van der Waals surface area contributed by atoms with Crippen LogP contribution in [0.25, 0.3) is 69.1 Å². The maximum absolute atomic E-state index is 13.5. The zero-order chi connectivity index (χ0) is 31.9. The first-order valence-electron chi connectivity index (χ1n) is 14.8. The Hall–Kier alpha value is -5.23. The van der Waals surface area contributed by atoms with Crippen molar-refractivity contribution in [2.75, 3.05) is 13.2 Å². The van der Waals surface area contributed by atoms with E-state index in [1.807, 2.05) is 72.0 Å². The van der Waals surface area contributed by atoms with Gasteiger partial charge in [0, 0.05) is 56.0 Å². The second-order valence-corrected chi connectivity index (χ2v) is 10.7. The monoisotopic (exact) mass is 704 g/mol. The van der Waals surface area contributed by atoms with Gasteiger partial charge in [0.2, 0.25) is 0 Å². The van der Waals surface area contributed by atoms with Crippen molar-refractivity contribution in [3.8, 4) is 22.8 Å². The fraction of sp³-hybridized carbons (Fsp3) is 0.176. The third kappa shape index (κ3) is 5.87. The molecule has 0 aromatic carbocycles. The van der Waals surface area contributed by atoms with Gasteiger partial charge < -0.3 is 41.0 Å². The van der Waals surface area contributed by atoms with E-state index in [2.05, 4.69) is 19.9 Å². The summed E-state index contributed by atoms with van der Waals surface area (Å²) in [5, 5.41) is 0. The molecule has 0 spiro atoms. The Morgan fingerprint density at radius 1 is 0.646 bits per heavy atom. The fourth-order valence-electron chi connectivity index (χ4n) is 5.73. The average Bonchev–Trinajstić information content (AvgIpc) is 3.87. The number of hydrogen-bond acceptors (Lipinski definition) is 8. The standard InChI is InChI=1S/C34H30N8O4.ClH.Mn/c1-5-45-33(43)29-23-11-7-19(37-23)27(31-35-15-17-41(31)3)21-9-13-25(39-21)30(34(44)46-6-2)26-14-10-22(40-26)28(20-8-12-24(29)38-20)32-36-16-18-42(32)4;;/h7-18,37,40H,5-6H2,1-4H3;1H;/p-1. The van der Waals surface area contributed by atoms with E-state index in [9.17, 15) is 9.59 Å². The van der Waals surface area contributed by atoms with Crippen LogP contribution in [0.1, 0.15) is 57.3 Å². The molecule has 2 aliphatic heterocycles. The molecule has 0 fully saturated rings. The van der Waals surface area contributed by atoms with Crippen LogP contribution < -0.4 is 12.4 Å². The minimum Gasteiger partial charge on any atom is -1.00 e. The molecular weight excluding hydrogens is 675 g/mol. The van der Waals surface area contributed by atoms with Gasteiger partial charge in [-0.3, -0.25) is 0 Å². The number of carbonyl (C=O) groups is 2. The number of fused-ring (bicyclic) bond motifs is 8. The number of carbonyl (C=O) groups excluding carboxylic acids is 2. The molecule has 5 aromatic heterocycles. The van der Waals surface area contributed by atoms with E-state index < -0.39 is 11.9 Å². The predicted octanol–water partition coefficient (Wildman–Crippen LogP) is 2.81. The maximum Gasteiger partial charge on any atom is 0.342 e. The van der Waals surface area contributed by atoms with Crippen molar-refractivity contribution in [3.05, 3.63) is 83.0 Å². The van der Waals surface area contributed by atoms with Crippen molar-refractivity contribution in [2.24, 2.45) is 14.1 Å². The van der Waals surface area contributed by atoms with Gasteiger partial charge in [-0.25, -0.2) is 29.5 Å². The number of nitrogens with one attached hydrogen (secondary N) is 2. The quantitative estimate of drug-likeness (QED) is 0.199. The summed E-state index contributed by atoms with van der Waals surface area (Å²) >= 11 is 0. The van der Waals surface area contributed by atoms with Crippen LogP contribution in [-0.2, 0) is 40.6 Å². The van der Waals surface area contributed by atoms with Gasteiger partial charge in [0.05, 0.1) is 69.2 Å². The van der Waals surface area contributed by atoms with E-state index in [1.165, 1.54) is 0 Å². The molecule has 0 unspecified atom stereocenters. The Balaban J connectivity index is 0.00000225. The van der Waals surface area contributed by atoms with Crippen LogP contribution in [0.4, 0.5) is 0 Å². The number of H-pyrrole nitrogens is 2. The topological polar surface area (TPSA) is 146 Å². The van der Waals surface area contributed by atoms with E-state index in [0.717, 1.165) is 0 Å². The second-order valence-electron chi connectivity index (χ2n) is 10.7. The van der Waals surface area contributed by atoms with Gasteiger partial charge in [0.1, 0.15) is 22.8 Å². The van der Waals surface area contributed by atoms with Crippen LogP contribution >= 0.6 is 0 Å². The van der Waals surface area contributed by atoms with Crippen LogP contribution in [0, 0.1) is 0 Å². The number of rotatable bonds is 6. The Morgan fingerprint density at radius 2 is 1.02 bits per heavy atom. The van der Waals surface area contributed by atoms with Gasteiger partial charge in [-0.05, 0) is 62.4 Å². The minimum atomic E-state index is -0.511. The van der Waals surface area contributed by atoms with Crippen LogP contribution in [-0.4, -0.2) is 64.2 Å². The molecule has 0 saturated carbocycles. The molecule has 2 aliphatic rings. The van der Waals surface area contributed by atoms with Gasteiger partial charge >= 0.3 is 11.9 Å². The third-order valence-electron chi connectivity index (χ3n) is 7.80. The van der Waals surface area contributed by atoms with Gasteiger partial charge in [-0.15, -0.1) is 0 Å². The second kappa shape index (κ2) is 13.9. The predicted molar refractivity (Wildman–Crippen MR) is 175 cm³/mol. The van der Waals surface area contributed by atoms with E-state index in [1.54, 1.807) is 38.4 Å². The van der Waals surface area contributed by atoms with Crippen LogP contribution in [0.15, 0.2) is 49.1 Å². The number of ether oxygens (including phenoxy) is 2. The molecule has 0 aliphatic carbocycles. The van der Waals surface area contributed by atoms with E-state index >= 15 is 0 Å². The molecule has 12 nitrogen and oxygen atoms in total. The van der Waals surface area contributed by atoms with Gasteiger partial charge in [0.15, 0.2) is 0 Å². The Kier molecular flexibility index (Phi) is 9.85. The molecule has 48 heavy (non-hydrogen) atoms. The maximum atomic E-state index is 13.5. The Labute approximate surface area is 291 Å². The molecular formula is C34H30ClMnN8O4-. The first-order chi connectivity index (χ1) is 22.4. The number of nitrogens with zero attached hydrogens (tertiary/aromatic N) is 6. The van der Waals surface area contributed by atoms with E-state index in [-0.39, 0.29) is 53.8 Å². The van der Waals surface area contributed by atoms with Crippen molar-refractivity contribution in [1.29, 1.82) is 0 Å². The third-order valence-corrected chi connectivity index (χ3v) is 7.80. The normalized spacial score (nSPS) is 11.6. The first kappa shape index (κ1) is 34.1. The molecule has 0 amide bonds. The summed E-state index contributed by atoms with van der Waals surface area (Å²) in [6.45, 7) is 3.93. The number of aromatic nitrogens is 8. The van der Waals surface area contributed by atoms with Gasteiger partial charge in [-0.2, -0.15) is 0 Å². The van der Waals surface area contributed by atoms with Crippen LogP contribution in [0.2, 0.25) is 0 Å². The number of aryl methyl sites for hydroxylation is 2. The SMILES string of the molecule is CCOC(=O)c1c2nc(c(-c3nccn3C)c3ccc([nH]3)c(C(=O)OCC)c3nc(c(-c4nccn4C)c4ccc1[nH]4)C=C3)C=C2.[Cl-].[Mn]. The van der Waals surface area contributed by atoms with Gasteiger partial charge in [-0.1, -0.05) is 0 Å². The summed E-state index contributed by atoms with van der Waals surface area (Å²) in [6, 6.07) is 7.37. The molecule has 5 aromatic rings. The van der Waals surface area contributed by atoms with Crippen molar-refractivity contribution >= 4 is 58.3 Å². The largest absolute Gasteiger partial charge is 1.00 e. The van der Waals surface area contributed by atoms with Crippen LogP contribution in [0.5, 0.6) is 0 Å². The van der Waals surface area contributed by atoms with Crippen LogP contribution in [0.3, 0.4) is 0 Å². The first-order valence-corrected chi connectivity index (χ1v) is 14.8. The molecule has 245 valence electrons. The smallest absolute Gasteiger partial charge is 0.342 e. The number of esters is 2. The molecule has 8 bridgehead atoms. The Bertz CT molecular complexity index is 2120. The summed E-state index contributed by atoms with van der Waals surface area (Å²) in [7, 11) is 3.78. The fourth-order valence-corrected chi connectivity index (χ4v) is 5.73. The zero-order valence-electron chi connectivity index (χ0n) is 26.4. The Morgan fingerprint density at radius 3 is 1.38 bits per heavy atom. The summed E-state index contributed by atoms with van der Waals surface area (Å²) < 4.78 is 14.8. The number of aromatic amines is 2. The summed E-state index contributed by atoms with van der Waals surface area (Å²) in [5.41, 5.74) is 6.29. The van der Waals surface area contributed by atoms with E-state index in [4.69, 9.17) is 19.4 Å². The molecule has 0 saturated heterocycles. The number of imidazole rings is 2. The van der Waals surface area contributed by atoms with Gasteiger partial charge in [0.25, 0.3) is 0 Å². The summed E-state index contributed by atoms with van der Waals surface area (Å²) in [5.74, 6) is 0.256. The van der Waals surface area contributed by atoms with E-state index in [0.29, 0.717) is 67.6 Å². The molecule has 1 radical (unpaired) electrons. The number of halogens is 1. The zero-order valence-corrected chi connectivity index (χ0v) is 28.4. The molecule has 0 atom stereocenters. The molecule has 7 heterocycles. The molecule has 14 heteroatoms. The average molecular weight is 705 g/mol. The molecule has 2 N–H and O–H groups in total. The number of hydrogen-bond donors (Lipinski definition) is 2. The molecule has 7 rings (SSSR count). The summed E-state index contributed by atoms with van der Waals surface area (Å²) in [4.78, 5) is 52.9. The summed E-state index contributed by atoms with van der Waals surface area (Å²) in [6.07, 6.45) is 14.3. The minimum absolute atomic E-state index is 0. The van der Waals surface area contributed by atoms with Crippen molar-refractivity contribution in [3.63, 3.8) is 0 Å². The van der Waals surface area contributed by atoms with Crippen molar-refractivity contribution < 1.29 is 48.5 Å². The van der Waals surface area contributed by atoms with Crippen molar-refractivity contribution in [1.82, 2.24) is 39.0 Å². The van der Waals surface area contributed by atoms with Crippen molar-refractivity contribution in [2.45, 2.75) is 13.8 Å².